The molecule has 2 heterocycles. The van der Waals surface area contributed by atoms with Crippen LogP contribution in [0.25, 0.3) is 0 Å². The second-order valence-corrected chi connectivity index (χ2v) is 5.17. The van der Waals surface area contributed by atoms with E-state index in [2.05, 4.69) is 0 Å². The van der Waals surface area contributed by atoms with E-state index < -0.39 is 0 Å². The molecule has 92 valence electrons. The molecule has 2 rings (SSSR count). The molecule has 0 aromatic rings. The summed E-state index contributed by atoms with van der Waals surface area (Å²) in [5, 5.41) is 12.6. The fraction of sp³-hybridized carbons (Fsp3) is 0.917. The highest BCUT2D eigenvalue weighted by atomic mass is 16.6. The van der Waals surface area contributed by atoms with Crippen molar-refractivity contribution < 1.29 is 14.2 Å². The minimum absolute atomic E-state index is 0.0219. The van der Waals surface area contributed by atoms with Gasteiger partial charge < -0.3 is 14.6 Å². The molecule has 4 nitrogen and oxygen atoms in total. The third kappa shape index (κ3) is 2.38. The minimum atomic E-state index is -0.231. The maximum Gasteiger partial charge on any atom is 0.302 e. The normalized spacial score (nSPS) is 38.9. The third-order valence-electron chi connectivity index (χ3n) is 4.05. The van der Waals surface area contributed by atoms with Gasteiger partial charge in [0, 0.05) is 19.3 Å². The van der Waals surface area contributed by atoms with E-state index in [4.69, 9.17) is 4.74 Å². The largest absolute Gasteiger partial charge is 0.633 e. The predicted molar refractivity (Wildman–Crippen MR) is 60.4 cm³/mol. The summed E-state index contributed by atoms with van der Waals surface area (Å²) in [6.07, 6.45) is 5.24. The Morgan fingerprint density at radius 3 is 2.81 bits per heavy atom. The van der Waals surface area contributed by atoms with Crippen LogP contribution in [0.4, 0.5) is 0 Å². The molecule has 4 heteroatoms. The number of fused-ring (bicyclic) bond motifs is 1. The molecule has 2 aliphatic rings. The van der Waals surface area contributed by atoms with Crippen LogP contribution in [0.15, 0.2) is 0 Å². The zero-order valence-corrected chi connectivity index (χ0v) is 9.98. The molecule has 0 N–H and O–H groups in total. The SMILES string of the molecule is CC(=O)OC[C@H]1CCC[N+]2([O-])CCCC[C@H]12. The van der Waals surface area contributed by atoms with Gasteiger partial charge in [-0.2, -0.15) is 0 Å². The van der Waals surface area contributed by atoms with Crippen molar-refractivity contribution in [3.63, 3.8) is 0 Å². The number of piperidine rings is 2. The molecule has 2 aliphatic heterocycles. The van der Waals surface area contributed by atoms with Crippen LogP contribution in [0.5, 0.6) is 0 Å². The Balaban J connectivity index is 1.99. The highest BCUT2D eigenvalue weighted by molar-refractivity contribution is 5.65. The van der Waals surface area contributed by atoms with Gasteiger partial charge >= 0.3 is 5.97 Å². The van der Waals surface area contributed by atoms with Gasteiger partial charge in [0.15, 0.2) is 0 Å². The molecule has 0 aliphatic carbocycles. The van der Waals surface area contributed by atoms with Crippen LogP contribution in [0, 0.1) is 11.1 Å². The number of quaternary nitrogens is 1. The average molecular weight is 227 g/mol. The van der Waals surface area contributed by atoms with Crippen molar-refractivity contribution in [3.05, 3.63) is 5.21 Å². The molecule has 0 aromatic heterocycles. The lowest BCUT2D eigenvalue weighted by Crippen LogP contribution is -2.60. The number of carbonyl (C=O) groups is 1. The van der Waals surface area contributed by atoms with E-state index in [-0.39, 0.29) is 22.6 Å². The predicted octanol–water partition coefficient (Wildman–Crippen LogP) is 1.83. The summed E-state index contributed by atoms with van der Waals surface area (Å²) in [5.74, 6) is 0.0563. The number of rotatable bonds is 2. The van der Waals surface area contributed by atoms with E-state index in [0.29, 0.717) is 6.61 Å². The van der Waals surface area contributed by atoms with Gasteiger partial charge in [-0.1, -0.05) is 0 Å². The van der Waals surface area contributed by atoms with Crippen molar-refractivity contribution in [2.24, 2.45) is 5.92 Å². The summed E-state index contributed by atoms with van der Waals surface area (Å²) in [7, 11) is 0. The maximum absolute atomic E-state index is 12.6. The van der Waals surface area contributed by atoms with E-state index in [9.17, 15) is 10.0 Å². The molecule has 0 spiro atoms. The summed E-state index contributed by atoms with van der Waals surface area (Å²) >= 11 is 0. The van der Waals surface area contributed by atoms with Crippen molar-refractivity contribution in [1.82, 2.24) is 0 Å². The van der Waals surface area contributed by atoms with E-state index in [1.807, 2.05) is 0 Å². The fourth-order valence-electron chi connectivity index (χ4n) is 3.26. The maximum atomic E-state index is 12.6. The first-order valence-electron chi connectivity index (χ1n) is 6.33. The topological polar surface area (TPSA) is 49.4 Å². The van der Waals surface area contributed by atoms with Gasteiger partial charge in [0.1, 0.15) is 0 Å². The van der Waals surface area contributed by atoms with E-state index in [1.54, 1.807) is 0 Å². The summed E-state index contributed by atoms with van der Waals surface area (Å²) in [6.45, 7) is 3.41. The van der Waals surface area contributed by atoms with Crippen LogP contribution in [0.2, 0.25) is 0 Å². The smallest absolute Gasteiger partial charge is 0.302 e. The van der Waals surface area contributed by atoms with E-state index in [0.717, 1.165) is 45.2 Å². The van der Waals surface area contributed by atoms with Crippen molar-refractivity contribution in [2.45, 2.75) is 45.1 Å². The average Bonchev–Trinajstić information content (AvgIpc) is 2.25. The molecular weight excluding hydrogens is 206 g/mol. The first kappa shape index (κ1) is 11.9. The lowest BCUT2D eigenvalue weighted by molar-refractivity contribution is -0.920. The molecule has 16 heavy (non-hydrogen) atoms. The van der Waals surface area contributed by atoms with Crippen LogP contribution < -0.4 is 0 Å². The molecule has 0 saturated carbocycles. The number of hydrogen-bond donors (Lipinski definition) is 0. The standard InChI is InChI=1S/C12H21NO3/c1-10(14)16-9-11-5-4-8-13(15)7-3-2-6-12(11)13/h11-12H,2-9H2,1H3/t11-,12-,13?/m1/s1. The Morgan fingerprint density at radius 1 is 1.31 bits per heavy atom. The second kappa shape index (κ2) is 4.72. The molecule has 3 atom stereocenters. The van der Waals surface area contributed by atoms with Gasteiger partial charge in [-0.15, -0.1) is 0 Å². The number of hydroxylamine groups is 3. The zero-order chi connectivity index (χ0) is 11.6. The fourth-order valence-corrected chi connectivity index (χ4v) is 3.26. The zero-order valence-electron chi connectivity index (χ0n) is 9.98. The molecule has 2 fully saturated rings. The van der Waals surface area contributed by atoms with Crippen LogP contribution in [0.3, 0.4) is 0 Å². The van der Waals surface area contributed by atoms with Crippen molar-refractivity contribution in [2.75, 3.05) is 19.7 Å². The number of nitrogens with zero attached hydrogens (tertiary/aromatic N) is 1. The van der Waals surface area contributed by atoms with E-state index >= 15 is 0 Å². The Hall–Kier alpha value is -0.610. The molecule has 0 radical (unpaired) electrons. The van der Waals surface area contributed by atoms with Crippen LogP contribution >= 0.6 is 0 Å². The van der Waals surface area contributed by atoms with Gasteiger partial charge in [0.05, 0.1) is 25.7 Å². The van der Waals surface area contributed by atoms with Gasteiger partial charge in [-0.05, 0) is 25.7 Å². The number of ether oxygens (including phenoxy) is 1. The van der Waals surface area contributed by atoms with Gasteiger partial charge in [0.25, 0.3) is 0 Å². The highest BCUT2D eigenvalue weighted by Crippen LogP contribution is 2.36. The number of hydrogen-bond acceptors (Lipinski definition) is 3. The van der Waals surface area contributed by atoms with E-state index in [1.165, 1.54) is 6.92 Å². The van der Waals surface area contributed by atoms with Crippen LogP contribution in [0.1, 0.15) is 39.0 Å². The number of carbonyl (C=O) groups excluding carboxylic acids is 1. The lowest BCUT2D eigenvalue weighted by Gasteiger charge is -2.56. The molecule has 0 amide bonds. The lowest BCUT2D eigenvalue weighted by atomic mass is 9.83. The summed E-state index contributed by atoms with van der Waals surface area (Å²) < 4.78 is 5.07. The molecule has 0 aromatic carbocycles. The molecule has 2 saturated heterocycles. The second-order valence-electron chi connectivity index (χ2n) is 5.17. The van der Waals surface area contributed by atoms with Crippen LogP contribution in [-0.2, 0) is 9.53 Å². The third-order valence-corrected chi connectivity index (χ3v) is 4.05. The first-order chi connectivity index (χ1) is 7.62. The minimum Gasteiger partial charge on any atom is -0.633 e. The molecule has 1 unspecified atom stereocenters. The van der Waals surface area contributed by atoms with Crippen molar-refractivity contribution in [1.29, 1.82) is 0 Å². The highest BCUT2D eigenvalue weighted by Gasteiger charge is 2.41. The van der Waals surface area contributed by atoms with Gasteiger partial charge in [-0.25, -0.2) is 0 Å². The quantitative estimate of drug-likeness (QED) is 0.411. The first-order valence-corrected chi connectivity index (χ1v) is 6.33. The van der Waals surface area contributed by atoms with Crippen molar-refractivity contribution >= 4 is 5.97 Å². The summed E-state index contributed by atoms with van der Waals surface area (Å²) in [6, 6.07) is 0.182. The van der Waals surface area contributed by atoms with Gasteiger partial charge in [-0.3, -0.25) is 4.79 Å². The van der Waals surface area contributed by atoms with Crippen molar-refractivity contribution in [3.8, 4) is 0 Å². The number of esters is 1. The monoisotopic (exact) mass is 227 g/mol. The Bertz CT molecular complexity index is 265. The summed E-state index contributed by atoms with van der Waals surface area (Å²) in [4.78, 5) is 10.8. The molecular formula is C12H21NO3. The molecule has 0 bridgehead atoms. The Labute approximate surface area is 96.7 Å². The van der Waals surface area contributed by atoms with Crippen LogP contribution in [-0.4, -0.2) is 36.4 Å². The summed E-state index contributed by atoms with van der Waals surface area (Å²) in [5.41, 5.74) is 0. The van der Waals surface area contributed by atoms with Gasteiger partial charge in [0.2, 0.25) is 0 Å². The Kier molecular flexibility index (Phi) is 3.50. The Morgan fingerprint density at radius 2 is 2.06 bits per heavy atom.